The highest BCUT2D eigenvalue weighted by Crippen LogP contribution is 2.16. The molecule has 7 heteroatoms. The van der Waals surface area contributed by atoms with E-state index >= 15 is 0 Å². The van der Waals surface area contributed by atoms with Gasteiger partial charge < -0.3 is 15.5 Å². The van der Waals surface area contributed by atoms with Gasteiger partial charge in [0.25, 0.3) is 0 Å². The van der Waals surface area contributed by atoms with Gasteiger partial charge in [-0.1, -0.05) is 0 Å². The Hall–Kier alpha value is -2.57. The van der Waals surface area contributed by atoms with Gasteiger partial charge in [0.1, 0.15) is 5.82 Å². The van der Waals surface area contributed by atoms with Crippen molar-refractivity contribution in [2.45, 2.75) is 6.54 Å². The average Bonchev–Trinajstić information content (AvgIpc) is 2.99. The van der Waals surface area contributed by atoms with Gasteiger partial charge in [-0.25, -0.2) is 9.38 Å². The molecule has 122 valence electrons. The zero-order chi connectivity index (χ0) is 16.2. The first-order chi connectivity index (χ1) is 11.1. The van der Waals surface area contributed by atoms with Gasteiger partial charge in [-0.3, -0.25) is 4.68 Å². The number of guanidine groups is 1. The Morgan fingerprint density at radius 1 is 1.17 bits per heavy atom. The topological polar surface area (TPSA) is 62.7 Å². The molecule has 3 rings (SSSR count). The van der Waals surface area contributed by atoms with Crippen LogP contribution in [-0.4, -0.2) is 46.8 Å². The van der Waals surface area contributed by atoms with E-state index in [1.807, 2.05) is 25.2 Å². The molecule has 2 aromatic rings. The second kappa shape index (κ2) is 6.68. The molecular formula is C16H21FN6. The van der Waals surface area contributed by atoms with E-state index in [0.29, 0.717) is 12.5 Å². The molecule has 0 radical (unpaired) electrons. The van der Waals surface area contributed by atoms with Crippen molar-refractivity contribution in [2.75, 3.05) is 31.1 Å². The van der Waals surface area contributed by atoms with Gasteiger partial charge >= 0.3 is 0 Å². The van der Waals surface area contributed by atoms with Gasteiger partial charge in [-0.2, -0.15) is 5.10 Å². The zero-order valence-corrected chi connectivity index (χ0v) is 13.2. The Balaban J connectivity index is 1.55. The molecule has 1 saturated heterocycles. The summed E-state index contributed by atoms with van der Waals surface area (Å²) in [5, 5.41) is 4.12. The highest BCUT2D eigenvalue weighted by molar-refractivity contribution is 5.78. The van der Waals surface area contributed by atoms with E-state index in [9.17, 15) is 4.39 Å². The number of aliphatic imine (C=N–C) groups is 1. The number of hydrogen-bond acceptors (Lipinski definition) is 3. The molecule has 2 N–H and O–H groups in total. The molecule has 0 bridgehead atoms. The van der Waals surface area contributed by atoms with Crippen LogP contribution in [0.25, 0.3) is 0 Å². The molecule has 2 heterocycles. The molecule has 1 aromatic heterocycles. The maximum Gasteiger partial charge on any atom is 0.191 e. The zero-order valence-electron chi connectivity index (χ0n) is 13.2. The summed E-state index contributed by atoms with van der Waals surface area (Å²) in [5.41, 5.74) is 8.16. The molecule has 0 amide bonds. The van der Waals surface area contributed by atoms with Crippen LogP contribution >= 0.6 is 0 Å². The first kappa shape index (κ1) is 15.3. The van der Waals surface area contributed by atoms with Crippen LogP contribution in [0.3, 0.4) is 0 Å². The van der Waals surface area contributed by atoms with Crippen LogP contribution in [0, 0.1) is 5.82 Å². The van der Waals surface area contributed by atoms with Crippen molar-refractivity contribution in [3.8, 4) is 0 Å². The van der Waals surface area contributed by atoms with Crippen LogP contribution in [0.5, 0.6) is 0 Å². The van der Waals surface area contributed by atoms with E-state index in [2.05, 4.69) is 19.9 Å². The van der Waals surface area contributed by atoms with Gasteiger partial charge in [0.05, 0.1) is 12.2 Å². The van der Waals surface area contributed by atoms with Crippen LogP contribution in [0.1, 0.15) is 5.69 Å². The molecule has 6 nitrogen and oxygen atoms in total. The fourth-order valence-electron chi connectivity index (χ4n) is 2.66. The van der Waals surface area contributed by atoms with Crippen molar-refractivity contribution in [1.29, 1.82) is 0 Å². The monoisotopic (exact) mass is 316 g/mol. The van der Waals surface area contributed by atoms with E-state index in [1.165, 1.54) is 12.1 Å². The van der Waals surface area contributed by atoms with E-state index in [0.717, 1.165) is 37.6 Å². The summed E-state index contributed by atoms with van der Waals surface area (Å²) in [4.78, 5) is 8.76. The fourth-order valence-corrected chi connectivity index (χ4v) is 2.66. The summed E-state index contributed by atoms with van der Waals surface area (Å²) in [6, 6.07) is 8.54. The lowest BCUT2D eigenvalue weighted by Gasteiger charge is -2.36. The average molecular weight is 316 g/mol. The minimum atomic E-state index is -0.209. The SMILES string of the molecule is Cn1nccc1CN=C(N)N1CCN(c2ccc(F)cc2)CC1. The molecule has 0 atom stereocenters. The summed E-state index contributed by atoms with van der Waals surface area (Å²) in [6.45, 7) is 3.82. The number of aromatic nitrogens is 2. The van der Waals surface area contributed by atoms with Crippen LogP contribution in [0.2, 0.25) is 0 Å². The molecule has 0 aliphatic carbocycles. The predicted molar refractivity (Wildman–Crippen MR) is 88.7 cm³/mol. The van der Waals surface area contributed by atoms with Crippen LogP contribution in [0.15, 0.2) is 41.5 Å². The van der Waals surface area contributed by atoms with Crippen LogP contribution in [0.4, 0.5) is 10.1 Å². The summed E-state index contributed by atoms with van der Waals surface area (Å²) < 4.78 is 14.8. The molecule has 23 heavy (non-hydrogen) atoms. The van der Waals surface area contributed by atoms with E-state index in [4.69, 9.17) is 5.73 Å². The Labute approximate surface area is 135 Å². The number of halogens is 1. The van der Waals surface area contributed by atoms with Crippen molar-refractivity contribution in [1.82, 2.24) is 14.7 Å². The molecule has 0 spiro atoms. The molecule has 1 aliphatic heterocycles. The smallest absolute Gasteiger partial charge is 0.191 e. The number of benzene rings is 1. The maximum atomic E-state index is 13.0. The lowest BCUT2D eigenvalue weighted by Crippen LogP contribution is -2.51. The lowest BCUT2D eigenvalue weighted by atomic mass is 10.2. The Morgan fingerprint density at radius 2 is 1.87 bits per heavy atom. The first-order valence-electron chi connectivity index (χ1n) is 7.66. The van der Waals surface area contributed by atoms with E-state index in [1.54, 1.807) is 10.9 Å². The summed E-state index contributed by atoms with van der Waals surface area (Å²) >= 11 is 0. The third-order valence-electron chi connectivity index (χ3n) is 4.12. The Kier molecular flexibility index (Phi) is 4.45. The highest BCUT2D eigenvalue weighted by Gasteiger charge is 2.18. The van der Waals surface area contributed by atoms with Crippen molar-refractivity contribution >= 4 is 11.6 Å². The van der Waals surface area contributed by atoms with Gasteiger partial charge in [-0.05, 0) is 30.3 Å². The Bertz CT molecular complexity index is 670. The molecule has 1 fully saturated rings. The fraction of sp³-hybridized carbons (Fsp3) is 0.375. The van der Waals surface area contributed by atoms with Crippen molar-refractivity contribution in [3.05, 3.63) is 48.0 Å². The largest absolute Gasteiger partial charge is 0.370 e. The van der Waals surface area contributed by atoms with Gasteiger partial charge in [0.2, 0.25) is 0 Å². The summed E-state index contributed by atoms with van der Waals surface area (Å²) in [6.07, 6.45) is 1.75. The third-order valence-corrected chi connectivity index (χ3v) is 4.12. The van der Waals surface area contributed by atoms with Crippen LogP contribution in [-0.2, 0) is 13.6 Å². The molecule has 1 aliphatic rings. The molecule has 0 unspecified atom stereocenters. The normalized spacial score (nSPS) is 16.0. The van der Waals surface area contributed by atoms with Gasteiger partial charge in [0, 0.05) is 45.1 Å². The van der Waals surface area contributed by atoms with Crippen molar-refractivity contribution < 1.29 is 4.39 Å². The number of piperazine rings is 1. The van der Waals surface area contributed by atoms with Gasteiger partial charge in [-0.15, -0.1) is 0 Å². The molecule has 1 aromatic carbocycles. The summed E-state index contributed by atoms with van der Waals surface area (Å²) in [5.74, 6) is 0.351. The highest BCUT2D eigenvalue weighted by atomic mass is 19.1. The number of nitrogens with two attached hydrogens (primary N) is 1. The van der Waals surface area contributed by atoms with E-state index in [-0.39, 0.29) is 5.82 Å². The first-order valence-corrected chi connectivity index (χ1v) is 7.66. The standard InChI is InChI=1S/C16H21FN6/c1-21-15(6-7-20-21)12-19-16(18)23-10-8-22(9-11-23)14-4-2-13(17)3-5-14/h2-7H,8-12H2,1H3,(H2,18,19). The maximum absolute atomic E-state index is 13.0. The minimum absolute atomic E-state index is 0.209. The lowest BCUT2D eigenvalue weighted by molar-refractivity contribution is 0.380. The minimum Gasteiger partial charge on any atom is -0.370 e. The Morgan fingerprint density at radius 3 is 2.48 bits per heavy atom. The van der Waals surface area contributed by atoms with E-state index < -0.39 is 0 Å². The molecular weight excluding hydrogens is 295 g/mol. The quantitative estimate of drug-likeness (QED) is 0.683. The third kappa shape index (κ3) is 3.61. The number of aryl methyl sites for hydroxylation is 1. The number of anilines is 1. The second-order valence-electron chi connectivity index (χ2n) is 5.57. The second-order valence-corrected chi connectivity index (χ2v) is 5.57. The van der Waals surface area contributed by atoms with Crippen LogP contribution < -0.4 is 10.6 Å². The summed E-state index contributed by atoms with van der Waals surface area (Å²) in [7, 11) is 1.89. The number of nitrogens with zero attached hydrogens (tertiary/aromatic N) is 5. The van der Waals surface area contributed by atoms with Crippen molar-refractivity contribution in [2.24, 2.45) is 17.8 Å². The predicted octanol–water partition coefficient (Wildman–Crippen LogP) is 1.20. The van der Waals surface area contributed by atoms with Crippen molar-refractivity contribution in [3.63, 3.8) is 0 Å². The number of hydrogen-bond donors (Lipinski definition) is 1. The van der Waals surface area contributed by atoms with Gasteiger partial charge in [0.15, 0.2) is 5.96 Å². The number of rotatable bonds is 3. The molecule has 0 saturated carbocycles.